The highest BCUT2D eigenvalue weighted by atomic mass is 15.2. The molecule has 1 aromatic heterocycles. The third kappa shape index (κ3) is 3.25. The molecule has 0 unspecified atom stereocenters. The molecular formula is C14H26N4. The summed E-state index contributed by atoms with van der Waals surface area (Å²) in [5.41, 5.74) is 0. The lowest BCUT2D eigenvalue weighted by Gasteiger charge is -2.19. The fourth-order valence-corrected chi connectivity index (χ4v) is 2.79. The monoisotopic (exact) mass is 250 g/mol. The molecule has 0 saturated heterocycles. The van der Waals surface area contributed by atoms with Crippen molar-refractivity contribution in [2.45, 2.75) is 45.6 Å². The zero-order valence-corrected chi connectivity index (χ0v) is 11.7. The summed E-state index contributed by atoms with van der Waals surface area (Å²) in [4.78, 5) is 6.87. The average molecular weight is 250 g/mol. The molecule has 1 fully saturated rings. The zero-order valence-electron chi connectivity index (χ0n) is 11.7. The summed E-state index contributed by atoms with van der Waals surface area (Å²) >= 11 is 0. The summed E-state index contributed by atoms with van der Waals surface area (Å²) in [7, 11) is 0. The van der Waals surface area contributed by atoms with E-state index in [0.29, 0.717) is 6.04 Å². The van der Waals surface area contributed by atoms with Crippen molar-refractivity contribution >= 4 is 5.95 Å². The van der Waals surface area contributed by atoms with E-state index < -0.39 is 0 Å². The van der Waals surface area contributed by atoms with Crippen LogP contribution in [-0.2, 0) is 0 Å². The van der Waals surface area contributed by atoms with Gasteiger partial charge in [-0.3, -0.25) is 0 Å². The molecule has 2 rings (SSSR count). The molecule has 0 amide bonds. The molecule has 1 aliphatic rings. The van der Waals surface area contributed by atoms with Gasteiger partial charge < -0.3 is 14.8 Å². The van der Waals surface area contributed by atoms with E-state index in [9.17, 15) is 0 Å². The lowest BCUT2D eigenvalue weighted by atomic mass is 10.2. The van der Waals surface area contributed by atoms with Crippen LogP contribution in [0, 0.1) is 0 Å². The van der Waals surface area contributed by atoms with Gasteiger partial charge in [-0.15, -0.1) is 0 Å². The van der Waals surface area contributed by atoms with Crippen LogP contribution in [0.5, 0.6) is 0 Å². The van der Waals surface area contributed by atoms with Crippen LogP contribution in [0.15, 0.2) is 12.4 Å². The topological polar surface area (TPSA) is 33.1 Å². The van der Waals surface area contributed by atoms with Crippen molar-refractivity contribution in [1.82, 2.24) is 14.5 Å². The predicted octanol–water partition coefficient (Wildman–Crippen LogP) is 2.75. The third-order valence-corrected chi connectivity index (χ3v) is 3.99. The molecule has 0 bridgehead atoms. The molecule has 1 aliphatic carbocycles. The molecule has 18 heavy (non-hydrogen) atoms. The standard InChI is InChI=1S/C14H26N4/c1-3-17(4-2)11-9-15-14-16-10-12-18(14)13-7-5-6-8-13/h10,12-13H,3-9,11H2,1-2H3,(H,15,16). The molecule has 4 nitrogen and oxygen atoms in total. The van der Waals surface area contributed by atoms with E-state index in [4.69, 9.17) is 0 Å². The number of hydrogen-bond acceptors (Lipinski definition) is 3. The van der Waals surface area contributed by atoms with Crippen LogP contribution in [-0.4, -0.2) is 40.6 Å². The fourth-order valence-electron chi connectivity index (χ4n) is 2.79. The Morgan fingerprint density at radius 2 is 2.06 bits per heavy atom. The second-order valence-electron chi connectivity index (χ2n) is 5.05. The van der Waals surface area contributed by atoms with Crippen molar-refractivity contribution < 1.29 is 0 Å². The summed E-state index contributed by atoms with van der Waals surface area (Å²) in [5.74, 6) is 1.05. The SMILES string of the molecule is CCN(CC)CCNc1nccn1C1CCCC1. The van der Waals surface area contributed by atoms with Crippen LogP contribution in [0.2, 0.25) is 0 Å². The van der Waals surface area contributed by atoms with E-state index in [1.54, 1.807) is 0 Å². The van der Waals surface area contributed by atoms with E-state index in [1.165, 1.54) is 25.7 Å². The molecule has 4 heteroatoms. The van der Waals surface area contributed by atoms with E-state index in [1.807, 2.05) is 6.20 Å². The van der Waals surface area contributed by atoms with Crippen LogP contribution in [0.3, 0.4) is 0 Å². The Labute approximate surface area is 110 Å². The van der Waals surface area contributed by atoms with Crippen molar-refractivity contribution in [2.75, 3.05) is 31.5 Å². The number of rotatable bonds is 7. The van der Waals surface area contributed by atoms with Gasteiger partial charge in [-0.25, -0.2) is 4.98 Å². The van der Waals surface area contributed by atoms with E-state index in [-0.39, 0.29) is 0 Å². The molecule has 1 aromatic rings. The average Bonchev–Trinajstić information content (AvgIpc) is 3.04. The Hall–Kier alpha value is -1.03. The fraction of sp³-hybridized carbons (Fsp3) is 0.786. The molecule has 0 aromatic carbocycles. The number of hydrogen-bond donors (Lipinski definition) is 1. The highest BCUT2D eigenvalue weighted by Crippen LogP contribution is 2.31. The molecule has 0 atom stereocenters. The van der Waals surface area contributed by atoms with Gasteiger partial charge in [-0.1, -0.05) is 26.7 Å². The van der Waals surface area contributed by atoms with Crippen LogP contribution >= 0.6 is 0 Å². The van der Waals surface area contributed by atoms with Crippen molar-refractivity contribution in [2.24, 2.45) is 0 Å². The van der Waals surface area contributed by atoms with Gasteiger partial charge in [0.2, 0.25) is 5.95 Å². The van der Waals surface area contributed by atoms with E-state index >= 15 is 0 Å². The van der Waals surface area contributed by atoms with E-state index in [2.05, 4.69) is 39.8 Å². The van der Waals surface area contributed by atoms with Gasteiger partial charge in [0.25, 0.3) is 0 Å². The minimum absolute atomic E-state index is 0.670. The van der Waals surface area contributed by atoms with Gasteiger partial charge in [0, 0.05) is 31.5 Å². The van der Waals surface area contributed by atoms with Crippen LogP contribution in [0.1, 0.15) is 45.6 Å². The molecule has 1 heterocycles. The minimum atomic E-state index is 0.670. The first-order valence-corrected chi connectivity index (χ1v) is 7.34. The normalized spacial score (nSPS) is 16.6. The maximum atomic E-state index is 4.44. The Morgan fingerprint density at radius 1 is 1.33 bits per heavy atom. The van der Waals surface area contributed by atoms with E-state index in [0.717, 1.165) is 32.1 Å². The maximum absolute atomic E-state index is 4.44. The van der Waals surface area contributed by atoms with Gasteiger partial charge in [0.05, 0.1) is 0 Å². The molecule has 0 spiro atoms. The zero-order chi connectivity index (χ0) is 12.8. The van der Waals surface area contributed by atoms with Crippen molar-refractivity contribution in [1.29, 1.82) is 0 Å². The number of aromatic nitrogens is 2. The highest BCUT2D eigenvalue weighted by Gasteiger charge is 2.18. The van der Waals surface area contributed by atoms with Gasteiger partial charge in [0.15, 0.2) is 0 Å². The number of nitrogens with one attached hydrogen (secondary N) is 1. The van der Waals surface area contributed by atoms with Crippen LogP contribution in [0.4, 0.5) is 5.95 Å². The minimum Gasteiger partial charge on any atom is -0.354 e. The Balaban J connectivity index is 1.84. The van der Waals surface area contributed by atoms with Gasteiger partial charge in [-0.2, -0.15) is 0 Å². The van der Waals surface area contributed by atoms with Crippen LogP contribution in [0.25, 0.3) is 0 Å². The summed E-state index contributed by atoms with van der Waals surface area (Å²) in [6, 6.07) is 0.670. The Morgan fingerprint density at radius 3 is 2.72 bits per heavy atom. The van der Waals surface area contributed by atoms with Gasteiger partial charge in [0.1, 0.15) is 0 Å². The molecule has 1 N–H and O–H groups in total. The first-order valence-electron chi connectivity index (χ1n) is 7.34. The van der Waals surface area contributed by atoms with Gasteiger partial charge in [-0.05, 0) is 25.9 Å². The quantitative estimate of drug-likeness (QED) is 0.808. The second-order valence-corrected chi connectivity index (χ2v) is 5.05. The molecule has 1 saturated carbocycles. The number of likely N-dealkylation sites (N-methyl/N-ethyl adjacent to an activating group) is 1. The van der Waals surface area contributed by atoms with Crippen molar-refractivity contribution in [3.8, 4) is 0 Å². The van der Waals surface area contributed by atoms with Crippen molar-refractivity contribution in [3.63, 3.8) is 0 Å². The maximum Gasteiger partial charge on any atom is 0.203 e. The number of anilines is 1. The first-order chi connectivity index (χ1) is 8.85. The molecule has 0 aliphatic heterocycles. The number of nitrogens with zero attached hydrogens (tertiary/aromatic N) is 3. The third-order valence-electron chi connectivity index (χ3n) is 3.99. The largest absolute Gasteiger partial charge is 0.354 e. The highest BCUT2D eigenvalue weighted by molar-refractivity contribution is 5.26. The van der Waals surface area contributed by atoms with Gasteiger partial charge >= 0.3 is 0 Å². The van der Waals surface area contributed by atoms with Crippen LogP contribution < -0.4 is 5.32 Å². The smallest absolute Gasteiger partial charge is 0.203 e. The Bertz CT molecular complexity index is 337. The number of imidazole rings is 1. The molecule has 102 valence electrons. The summed E-state index contributed by atoms with van der Waals surface area (Å²) in [6.07, 6.45) is 9.37. The second kappa shape index (κ2) is 6.78. The lowest BCUT2D eigenvalue weighted by Crippen LogP contribution is -2.29. The summed E-state index contributed by atoms with van der Waals surface area (Å²) in [5, 5.41) is 3.48. The summed E-state index contributed by atoms with van der Waals surface area (Å²) in [6.45, 7) is 8.73. The van der Waals surface area contributed by atoms with Crippen molar-refractivity contribution in [3.05, 3.63) is 12.4 Å². The lowest BCUT2D eigenvalue weighted by molar-refractivity contribution is 0.315. The molecule has 0 radical (unpaired) electrons. The summed E-state index contributed by atoms with van der Waals surface area (Å²) < 4.78 is 2.33. The Kier molecular flexibility index (Phi) is 5.05. The molecular weight excluding hydrogens is 224 g/mol. The first kappa shape index (κ1) is 13.4. The predicted molar refractivity (Wildman–Crippen MR) is 76.0 cm³/mol.